The average Bonchev–Trinajstić information content (AvgIpc) is 2.89. The lowest BCUT2D eigenvalue weighted by molar-refractivity contribution is 0.355. The SMILES string of the molecule is Nc1ccncc1-c1cncn1C1CCCCC1. The van der Waals surface area contributed by atoms with Gasteiger partial charge in [0.15, 0.2) is 0 Å². The number of imidazole rings is 1. The zero-order valence-electron chi connectivity index (χ0n) is 10.4. The highest BCUT2D eigenvalue weighted by Gasteiger charge is 2.19. The molecule has 4 nitrogen and oxygen atoms in total. The lowest BCUT2D eigenvalue weighted by atomic mass is 9.95. The number of aromatic nitrogens is 3. The van der Waals surface area contributed by atoms with Gasteiger partial charge in [-0.25, -0.2) is 4.98 Å². The molecule has 2 aromatic heterocycles. The highest BCUT2D eigenvalue weighted by atomic mass is 15.1. The van der Waals surface area contributed by atoms with Gasteiger partial charge in [0.05, 0.1) is 18.2 Å². The molecule has 1 fully saturated rings. The summed E-state index contributed by atoms with van der Waals surface area (Å²) >= 11 is 0. The van der Waals surface area contributed by atoms with Gasteiger partial charge in [0.25, 0.3) is 0 Å². The van der Waals surface area contributed by atoms with Gasteiger partial charge in [-0.05, 0) is 18.9 Å². The number of hydrogen-bond donors (Lipinski definition) is 1. The monoisotopic (exact) mass is 242 g/mol. The van der Waals surface area contributed by atoms with Crippen LogP contribution in [0, 0.1) is 0 Å². The summed E-state index contributed by atoms with van der Waals surface area (Å²) < 4.78 is 2.27. The number of nitrogens with zero attached hydrogens (tertiary/aromatic N) is 3. The van der Waals surface area contributed by atoms with Gasteiger partial charge in [0.1, 0.15) is 0 Å². The Balaban J connectivity index is 1.98. The smallest absolute Gasteiger partial charge is 0.0953 e. The minimum absolute atomic E-state index is 0.566. The largest absolute Gasteiger partial charge is 0.398 e. The molecule has 1 aliphatic carbocycles. The topological polar surface area (TPSA) is 56.7 Å². The fourth-order valence-corrected chi connectivity index (χ4v) is 2.78. The van der Waals surface area contributed by atoms with E-state index in [1.165, 1.54) is 32.1 Å². The van der Waals surface area contributed by atoms with Crippen LogP contribution in [0.25, 0.3) is 11.3 Å². The number of nitrogens with two attached hydrogens (primary N) is 1. The molecule has 1 aliphatic rings. The molecule has 3 rings (SSSR count). The van der Waals surface area contributed by atoms with Crippen LogP contribution in [0.5, 0.6) is 0 Å². The first kappa shape index (κ1) is 11.3. The molecule has 2 N–H and O–H groups in total. The zero-order valence-corrected chi connectivity index (χ0v) is 10.4. The van der Waals surface area contributed by atoms with Crippen molar-refractivity contribution < 1.29 is 0 Å². The molecule has 0 radical (unpaired) electrons. The molecule has 0 saturated heterocycles. The standard InChI is InChI=1S/C14H18N4/c15-13-6-7-16-8-12(13)14-9-17-10-18(14)11-4-2-1-3-5-11/h6-11H,1-5H2,(H2,15,16). The normalized spacial score (nSPS) is 16.9. The molecule has 0 amide bonds. The summed E-state index contributed by atoms with van der Waals surface area (Å²) in [5, 5.41) is 0. The predicted octanol–water partition coefficient (Wildman–Crippen LogP) is 3.03. The summed E-state index contributed by atoms with van der Waals surface area (Å²) in [5.74, 6) is 0. The summed E-state index contributed by atoms with van der Waals surface area (Å²) in [4.78, 5) is 8.46. The summed E-state index contributed by atoms with van der Waals surface area (Å²) in [6, 6.07) is 2.41. The lowest BCUT2D eigenvalue weighted by Crippen LogP contribution is -2.13. The van der Waals surface area contributed by atoms with E-state index < -0.39 is 0 Å². The second-order valence-corrected chi connectivity index (χ2v) is 4.94. The predicted molar refractivity (Wildman–Crippen MR) is 72.0 cm³/mol. The van der Waals surface area contributed by atoms with E-state index in [1.807, 2.05) is 24.8 Å². The van der Waals surface area contributed by atoms with Crippen LogP contribution < -0.4 is 5.73 Å². The second-order valence-electron chi connectivity index (χ2n) is 4.94. The van der Waals surface area contributed by atoms with Crippen LogP contribution in [-0.4, -0.2) is 14.5 Å². The molecule has 0 spiro atoms. The van der Waals surface area contributed by atoms with Gasteiger partial charge in [0, 0.05) is 29.7 Å². The number of rotatable bonds is 2. The van der Waals surface area contributed by atoms with Crippen LogP contribution in [0.3, 0.4) is 0 Å². The van der Waals surface area contributed by atoms with Gasteiger partial charge >= 0.3 is 0 Å². The Morgan fingerprint density at radius 1 is 1.11 bits per heavy atom. The number of pyridine rings is 1. The summed E-state index contributed by atoms with van der Waals surface area (Å²) in [6.07, 6.45) is 13.8. The van der Waals surface area contributed by atoms with E-state index in [2.05, 4.69) is 14.5 Å². The van der Waals surface area contributed by atoms with E-state index in [4.69, 9.17) is 5.73 Å². The maximum atomic E-state index is 6.03. The lowest BCUT2D eigenvalue weighted by Gasteiger charge is -2.25. The van der Waals surface area contributed by atoms with Gasteiger partial charge in [-0.1, -0.05) is 19.3 Å². The van der Waals surface area contributed by atoms with Crippen molar-refractivity contribution in [3.05, 3.63) is 31.0 Å². The molecule has 18 heavy (non-hydrogen) atoms. The van der Waals surface area contributed by atoms with Crippen LogP contribution in [-0.2, 0) is 0 Å². The molecule has 94 valence electrons. The molecular formula is C14H18N4. The van der Waals surface area contributed by atoms with Gasteiger partial charge in [-0.15, -0.1) is 0 Å². The Hall–Kier alpha value is -1.84. The highest BCUT2D eigenvalue weighted by Crippen LogP contribution is 2.33. The maximum Gasteiger partial charge on any atom is 0.0953 e. The van der Waals surface area contributed by atoms with Crippen LogP contribution in [0.15, 0.2) is 31.0 Å². The average molecular weight is 242 g/mol. The molecule has 0 aromatic carbocycles. The van der Waals surface area contributed by atoms with E-state index in [0.717, 1.165) is 16.9 Å². The van der Waals surface area contributed by atoms with E-state index >= 15 is 0 Å². The van der Waals surface area contributed by atoms with E-state index in [0.29, 0.717) is 6.04 Å². The molecule has 2 aromatic rings. The van der Waals surface area contributed by atoms with Crippen LogP contribution in [0.4, 0.5) is 5.69 Å². The number of nitrogen functional groups attached to an aromatic ring is 1. The van der Waals surface area contributed by atoms with E-state index in [-0.39, 0.29) is 0 Å². The first-order chi connectivity index (χ1) is 8.86. The second kappa shape index (κ2) is 4.80. The van der Waals surface area contributed by atoms with Gasteiger partial charge < -0.3 is 10.3 Å². The summed E-state index contributed by atoms with van der Waals surface area (Å²) in [7, 11) is 0. The first-order valence-electron chi connectivity index (χ1n) is 6.58. The van der Waals surface area contributed by atoms with Gasteiger partial charge in [0.2, 0.25) is 0 Å². The molecular weight excluding hydrogens is 224 g/mol. The van der Waals surface area contributed by atoms with Crippen molar-refractivity contribution in [1.82, 2.24) is 14.5 Å². The van der Waals surface area contributed by atoms with Crippen molar-refractivity contribution in [1.29, 1.82) is 0 Å². The molecule has 0 unspecified atom stereocenters. The number of anilines is 1. The zero-order chi connectivity index (χ0) is 12.4. The van der Waals surface area contributed by atoms with Crippen LogP contribution in [0.1, 0.15) is 38.1 Å². The third-order valence-electron chi connectivity index (χ3n) is 3.76. The minimum atomic E-state index is 0.566. The van der Waals surface area contributed by atoms with Crippen molar-refractivity contribution in [2.24, 2.45) is 0 Å². The van der Waals surface area contributed by atoms with Crippen molar-refractivity contribution in [2.75, 3.05) is 5.73 Å². The fourth-order valence-electron chi connectivity index (χ4n) is 2.78. The Bertz CT molecular complexity index is 526. The highest BCUT2D eigenvalue weighted by molar-refractivity contribution is 5.72. The molecule has 0 aliphatic heterocycles. The molecule has 4 heteroatoms. The molecule has 0 atom stereocenters. The van der Waals surface area contributed by atoms with Gasteiger partial charge in [-0.3, -0.25) is 4.98 Å². The molecule has 2 heterocycles. The Morgan fingerprint density at radius 3 is 2.72 bits per heavy atom. The quantitative estimate of drug-likeness (QED) is 0.880. The van der Waals surface area contributed by atoms with Crippen molar-refractivity contribution >= 4 is 5.69 Å². The van der Waals surface area contributed by atoms with Crippen molar-refractivity contribution in [2.45, 2.75) is 38.1 Å². The minimum Gasteiger partial charge on any atom is -0.398 e. The fraction of sp³-hybridized carbons (Fsp3) is 0.429. The van der Waals surface area contributed by atoms with Crippen molar-refractivity contribution in [3.8, 4) is 11.3 Å². The third kappa shape index (κ3) is 1.98. The molecule has 0 bridgehead atoms. The first-order valence-corrected chi connectivity index (χ1v) is 6.58. The third-order valence-corrected chi connectivity index (χ3v) is 3.76. The molecule has 1 saturated carbocycles. The number of hydrogen-bond acceptors (Lipinski definition) is 3. The summed E-state index contributed by atoms with van der Waals surface area (Å²) in [5.41, 5.74) is 8.87. The van der Waals surface area contributed by atoms with E-state index in [1.54, 1.807) is 6.20 Å². The Morgan fingerprint density at radius 2 is 1.94 bits per heavy atom. The van der Waals surface area contributed by atoms with Crippen molar-refractivity contribution in [3.63, 3.8) is 0 Å². The van der Waals surface area contributed by atoms with Gasteiger partial charge in [-0.2, -0.15) is 0 Å². The Kier molecular flexibility index (Phi) is 3.00. The summed E-state index contributed by atoms with van der Waals surface area (Å²) in [6.45, 7) is 0. The maximum absolute atomic E-state index is 6.03. The van der Waals surface area contributed by atoms with E-state index in [9.17, 15) is 0 Å². The van der Waals surface area contributed by atoms with Crippen LogP contribution in [0.2, 0.25) is 0 Å². The van der Waals surface area contributed by atoms with Crippen LogP contribution >= 0.6 is 0 Å². The Labute approximate surface area is 107 Å².